The molecule has 0 fully saturated rings. The minimum absolute atomic E-state index is 0.134. The number of aliphatic hydroxyl groups excluding tert-OH is 1. The fourth-order valence-electron chi connectivity index (χ4n) is 1.49. The molecule has 16 heavy (non-hydrogen) atoms. The fourth-order valence-corrected chi connectivity index (χ4v) is 1.49. The Morgan fingerprint density at radius 2 is 2.31 bits per heavy atom. The van der Waals surface area contributed by atoms with Crippen LogP contribution in [0.15, 0.2) is 10.9 Å². The van der Waals surface area contributed by atoms with Gasteiger partial charge in [-0.3, -0.25) is 4.79 Å². The van der Waals surface area contributed by atoms with Crippen LogP contribution in [0.3, 0.4) is 0 Å². The zero-order chi connectivity index (χ0) is 12.0. The molecule has 0 radical (unpaired) electrons. The Balaban J connectivity index is 2.79. The molecule has 0 amide bonds. The number of nitrogens with one attached hydrogen (secondary N) is 2. The first-order valence-corrected chi connectivity index (χ1v) is 5.67. The van der Waals surface area contributed by atoms with Crippen molar-refractivity contribution in [1.82, 2.24) is 9.97 Å². The van der Waals surface area contributed by atoms with Crippen LogP contribution in [0.4, 0.5) is 5.82 Å². The molecule has 0 saturated heterocycles. The number of hydrogen-bond acceptors (Lipinski definition) is 4. The van der Waals surface area contributed by atoms with Crippen molar-refractivity contribution in [3.8, 4) is 0 Å². The molecule has 1 rings (SSSR count). The molecule has 0 aliphatic carbocycles. The van der Waals surface area contributed by atoms with E-state index in [2.05, 4.69) is 15.3 Å². The van der Waals surface area contributed by atoms with E-state index in [0.717, 1.165) is 6.42 Å². The van der Waals surface area contributed by atoms with E-state index in [1.54, 1.807) is 0 Å². The summed E-state index contributed by atoms with van der Waals surface area (Å²) in [6.45, 7) is 4.10. The molecule has 3 N–H and O–H groups in total. The number of anilines is 1. The van der Waals surface area contributed by atoms with E-state index in [4.69, 9.17) is 5.11 Å². The number of aromatic nitrogens is 2. The van der Waals surface area contributed by atoms with Gasteiger partial charge in [-0.2, -0.15) is 0 Å². The summed E-state index contributed by atoms with van der Waals surface area (Å²) in [5, 5.41) is 12.0. The summed E-state index contributed by atoms with van der Waals surface area (Å²) in [7, 11) is 0. The number of H-pyrrole nitrogens is 1. The van der Waals surface area contributed by atoms with Crippen LogP contribution in [-0.4, -0.2) is 27.7 Å². The predicted molar refractivity (Wildman–Crippen MR) is 63.6 cm³/mol. The molecule has 0 aliphatic heterocycles. The molecule has 5 nitrogen and oxygen atoms in total. The van der Waals surface area contributed by atoms with E-state index in [1.807, 2.05) is 13.8 Å². The summed E-state index contributed by atoms with van der Waals surface area (Å²) in [5.41, 5.74) is -0.145. The highest BCUT2D eigenvalue weighted by Gasteiger charge is 2.07. The Kier molecular flexibility index (Phi) is 4.98. The molecule has 0 spiro atoms. The molecule has 1 unspecified atom stereocenters. The molecule has 0 aliphatic rings. The lowest BCUT2D eigenvalue weighted by Gasteiger charge is -2.16. The largest absolute Gasteiger partial charge is 0.396 e. The summed E-state index contributed by atoms with van der Waals surface area (Å²) in [4.78, 5) is 18.3. The summed E-state index contributed by atoms with van der Waals surface area (Å²) >= 11 is 0. The maximum Gasteiger partial charge on any atom is 0.252 e. The molecule has 90 valence electrons. The van der Waals surface area contributed by atoms with Crippen molar-refractivity contribution < 1.29 is 5.11 Å². The Labute approximate surface area is 94.9 Å². The second-order valence-corrected chi connectivity index (χ2v) is 3.69. The van der Waals surface area contributed by atoms with Crippen LogP contribution in [0.5, 0.6) is 0 Å². The van der Waals surface area contributed by atoms with Crippen LogP contribution >= 0.6 is 0 Å². The number of aliphatic hydroxyl groups is 1. The Morgan fingerprint density at radius 3 is 2.88 bits per heavy atom. The van der Waals surface area contributed by atoms with E-state index in [0.29, 0.717) is 24.5 Å². The van der Waals surface area contributed by atoms with Crippen molar-refractivity contribution in [2.45, 2.75) is 39.2 Å². The summed E-state index contributed by atoms with van der Waals surface area (Å²) < 4.78 is 0. The number of aromatic amines is 1. The summed E-state index contributed by atoms with van der Waals surface area (Å²) in [6, 6.07) is 1.60. The van der Waals surface area contributed by atoms with Gasteiger partial charge in [0.1, 0.15) is 11.6 Å². The minimum atomic E-state index is -0.145. The fraction of sp³-hybridized carbons (Fsp3) is 0.636. The topological polar surface area (TPSA) is 78.0 Å². The first-order chi connectivity index (χ1) is 7.69. The first-order valence-electron chi connectivity index (χ1n) is 5.67. The monoisotopic (exact) mass is 225 g/mol. The predicted octanol–water partition coefficient (Wildman–Crippen LogP) is 0.905. The van der Waals surface area contributed by atoms with Crippen LogP contribution < -0.4 is 10.9 Å². The van der Waals surface area contributed by atoms with Crippen LogP contribution in [-0.2, 0) is 6.42 Å². The van der Waals surface area contributed by atoms with Crippen LogP contribution in [0.25, 0.3) is 0 Å². The zero-order valence-corrected chi connectivity index (χ0v) is 9.79. The normalized spacial score (nSPS) is 12.4. The third-order valence-corrected chi connectivity index (χ3v) is 2.45. The van der Waals surface area contributed by atoms with Gasteiger partial charge < -0.3 is 15.4 Å². The van der Waals surface area contributed by atoms with Crippen molar-refractivity contribution >= 4 is 5.82 Å². The van der Waals surface area contributed by atoms with E-state index in [9.17, 15) is 4.79 Å². The summed E-state index contributed by atoms with van der Waals surface area (Å²) in [5.74, 6) is 1.26. The van der Waals surface area contributed by atoms with Crippen molar-refractivity contribution in [2.75, 3.05) is 11.9 Å². The highest BCUT2D eigenvalue weighted by Crippen LogP contribution is 2.07. The Hall–Kier alpha value is -1.36. The maximum atomic E-state index is 11.3. The lowest BCUT2D eigenvalue weighted by atomic mass is 10.1. The van der Waals surface area contributed by atoms with E-state index in [1.165, 1.54) is 6.07 Å². The SMILES string of the molecule is CCc1nc(NC(CC)CCO)cc(=O)[nH]1. The van der Waals surface area contributed by atoms with Gasteiger partial charge in [0.15, 0.2) is 0 Å². The molecule has 0 bridgehead atoms. The van der Waals surface area contributed by atoms with Crippen molar-refractivity contribution in [1.29, 1.82) is 0 Å². The second-order valence-electron chi connectivity index (χ2n) is 3.69. The smallest absolute Gasteiger partial charge is 0.252 e. The molecular weight excluding hydrogens is 206 g/mol. The van der Waals surface area contributed by atoms with Crippen LogP contribution in [0.1, 0.15) is 32.5 Å². The van der Waals surface area contributed by atoms with Crippen LogP contribution in [0, 0.1) is 0 Å². The average Bonchev–Trinajstić information content (AvgIpc) is 2.27. The molecule has 0 aromatic carbocycles. The number of hydrogen-bond donors (Lipinski definition) is 3. The van der Waals surface area contributed by atoms with Gasteiger partial charge in [-0.05, 0) is 12.8 Å². The number of rotatable bonds is 6. The van der Waals surface area contributed by atoms with Gasteiger partial charge in [-0.1, -0.05) is 13.8 Å². The van der Waals surface area contributed by atoms with E-state index in [-0.39, 0.29) is 18.2 Å². The van der Waals surface area contributed by atoms with Gasteiger partial charge in [0.25, 0.3) is 5.56 Å². The third-order valence-electron chi connectivity index (χ3n) is 2.45. The Morgan fingerprint density at radius 1 is 1.56 bits per heavy atom. The Bertz CT molecular complexity index is 376. The first kappa shape index (κ1) is 12.7. The van der Waals surface area contributed by atoms with Crippen molar-refractivity contribution in [3.05, 3.63) is 22.2 Å². The second kappa shape index (κ2) is 6.27. The van der Waals surface area contributed by atoms with Gasteiger partial charge in [0, 0.05) is 25.1 Å². The maximum absolute atomic E-state index is 11.3. The molecule has 0 saturated carbocycles. The lowest BCUT2D eigenvalue weighted by Crippen LogP contribution is -2.22. The van der Waals surface area contributed by atoms with Gasteiger partial charge in [-0.15, -0.1) is 0 Å². The highest BCUT2D eigenvalue weighted by atomic mass is 16.3. The van der Waals surface area contributed by atoms with Gasteiger partial charge >= 0.3 is 0 Å². The van der Waals surface area contributed by atoms with Crippen LogP contribution in [0.2, 0.25) is 0 Å². The quantitative estimate of drug-likeness (QED) is 0.672. The number of aryl methyl sites for hydroxylation is 1. The molecule has 1 heterocycles. The lowest BCUT2D eigenvalue weighted by molar-refractivity contribution is 0.278. The van der Waals surface area contributed by atoms with E-state index < -0.39 is 0 Å². The summed E-state index contributed by atoms with van der Waals surface area (Å²) in [6.07, 6.45) is 2.24. The average molecular weight is 225 g/mol. The van der Waals surface area contributed by atoms with Gasteiger partial charge in [0.2, 0.25) is 0 Å². The number of nitrogens with zero attached hydrogens (tertiary/aromatic N) is 1. The highest BCUT2D eigenvalue weighted by molar-refractivity contribution is 5.34. The molecule has 1 aromatic heterocycles. The van der Waals surface area contributed by atoms with Gasteiger partial charge in [-0.25, -0.2) is 4.98 Å². The zero-order valence-electron chi connectivity index (χ0n) is 9.79. The molecular formula is C11H19N3O2. The standard InChI is InChI=1S/C11H19N3O2/c1-3-8(5-6-15)12-10-7-11(16)14-9(4-2)13-10/h7-8,15H,3-6H2,1-2H3,(H2,12,13,14,16). The van der Waals surface area contributed by atoms with E-state index >= 15 is 0 Å². The van der Waals surface area contributed by atoms with Crippen molar-refractivity contribution in [2.24, 2.45) is 0 Å². The van der Waals surface area contributed by atoms with Crippen molar-refractivity contribution in [3.63, 3.8) is 0 Å². The third kappa shape index (κ3) is 3.66. The molecule has 1 atom stereocenters. The molecule has 1 aromatic rings. The van der Waals surface area contributed by atoms with Gasteiger partial charge in [0.05, 0.1) is 0 Å². The minimum Gasteiger partial charge on any atom is -0.396 e. The molecule has 5 heteroatoms.